The van der Waals surface area contributed by atoms with E-state index in [2.05, 4.69) is 11.4 Å². The molecule has 0 N–H and O–H groups in total. The first-order valence-corrected chi connectivity index (χ1v) is 10.4. The first-order chi connectivity index (χ1) is 13.8. The number of para-hydroxylation sites is 2. The molecular weight excluding hydrogens is 370 g/mol. The lowest BCUT2D eigenvalue weighted by molar-refractivity contribution is 0.0269. The molecule has 1 saturated heterocycles. The van der Waals surface area contributed by atoms with Crippen LogP contribution in [0.1, 0.15) is 28.1 Å². The Morgan fingerprint density at radius 2 is 1.75 bits per heavy atom. The summed E-state index contributed by atoms with van der Waals surface area (Å²) in [7, 11) is 0. The van der Waals surface area contributed by atoms with E-state index in [1.54, 1.807) is 11.3 Å². The van der Waals surface area contributed by atoms with Crippen LogP contribution in [0.2, 0.25) is 0 Å². The standard InChI is InChI=1S/C23H23NO3S/c25-23(21-10-4-5-11-22(21)27-19-7-2-1-3-8-19)24(17-20-9-6-16-28-20)18-12-14-26-15-13-18/h1-11,16,18H,12-15,17H2. The van der Waals surface area contributed by atoms with Crippen molar-refractivity contribution in [3.8, 4) is 11.5 Å². The van der Waals surface area contributed by atoms with Gasteiger partial charge in [0.25, 0.3) is 5.91 Å². The topological polar surface area (TPSA) is 38.8 Å². The fourth-order valence-corrected chi connectivity index (χ4v) is 4.14. The lowest BCUT2D eigenvalue weighted by Crippen LogP contribution is -2.42. The SMILES string of the molecule is O=C(c1ccccc1Oc1ccccc1)N(Cc1cccs1)C1CCOCC1. The van der Waals surface area contributed by atoms with Gasteiger partial charge >= 0.3 is 0 Å². The van der Waals surface area contributed by atoms with E-state index in [9.17, 15) is 4.79 Å². The number of nitrogens with zero attached hydrogens (tertiary/aromatic N) is 1. The molecule has 28 heavy (non-hydrogen) atoms. The zero-order chi connectivity index (χ0) is 19.2. The van der Waals surface area contributed by atoms with Crippen LogP contribution in [0.3, 0.4) is 0 Å². The van der Waals surface area contributed by atoms with Crippen LogP contribution in [-0.2, 0) is 11.3 Å². The molecule has 1 amide bonds. The van der Waals surface area contributed by atoms with E-state index in [1.807, 2.05) is 65.6 Å². The zero-order valence-corrected chi connectivity index (χ0v) is 16.4. The molecule has 5 heteroatoms. The molecule has 4 nitrogen and oxygen atoms in total. The number of benzene rings is 2. The molecule has 0 saturated carbocycles. The van der Waals surface area contributed by atoms with Gasteiger partial charge in [-0.2, -0.15) is 0 Å². The van der Waals surface area contributed by atoms with Crippen LogP contribution in [0.4, 0.5) is 0 Å². The number of carbonyl (C=O) groups is 1. The third-order valence-corrected chi connectivity index (χ3v) is 5.75. The van der Waals surface area contributed by atoms with Crippen molar-refractivity contribution >= 4 is 17.2 Å². The highest BCUT2D eigenvalue weighted by Crippen LogP contribution is 2.29. The fourth-order valence-electron chi connectivity index (χ4n) is 3.44. The largest absolute Gasteiger partial charge is 0.457 e. The van der Waals surface area contributed by atoms with Gasteiger partial charge in [-0.1, -0.05) is 36.4 Å². The average Bonchev–Trinajstić information content (AvgIpc) is 3.27. The number of ether oxygens (including phenoxy) is 2. The van der Waals surface area contributed by atoms with Crippen molar-refractivity contribution in [1.29, 1.82) is 0 Å². The van der Waals surface area contributed by atoms with Crippen LogP contribution >= 0.6 is 11.3 Å². The molecule has 0 spiro atoms. The Morgan fingerprint density at radius 1 is 1.00 bits per heavy atom. The van der Waals surface area contributed by atoms with Gasteiger partial charge in [-0.05, 0) is 48.6 Å². The summed E-state index contributed by atoms with van der Waals surface area (Å²) in [6, 6.07) is 21.3. The number of rotatable bonds is 6. The van der Waals surface area contributed by atoms with Crippen LogP contribution < -0.4 is 4.74 Å². The quantitative estimate of drug-likeness (QED) is 0.566. The molecule has 0 radical (unpaired) electrons. The maximum Gasteiger partial charge on any atom is 0.258 e. The highest BCUT2D eigenvalue weighted by molar-refractivity contribution is 7.09. The minimum absolute atomic E-state index is 0.00633. The Bertz CT molecular complexity index is 889. The number of hydrogen-bond donors (Lipinski definition) is 0. The third-order valence-electron chi connectivity index (χ3n) is 4.89. The van der Waals surface area contributed by atoms with Crippen molar-refractivity contribution < 1.29 is 14.3 Å². The summed E-state index contributed by atoms with van der Waals surface area (Å²) in [5, 5.41) is 2.05. The summed E-state index contributed by atoms with van der Waals surface area (Å²) >= 11 is 1.68. The highest BCUT2D eigenvalue weighted by atomic mass is 32.1. The Hall–Kier alpha value is -2.63. The highest BCUT2D eigenvalue weighted by Gasteiger charge is 2.28. The Kier molecular flexibility index (Phi) is 6.04. The predicted molar refractivity (Wildman–Crippen MR) is 111 cm³/mol. The lowest BCUT2D eigenvalue weighted by atomic mass is 10.0. The molecule has 144 valence electrons. The molecule has 2 aromatic carbocycles. The lowest BCUT2D eigenvalue weighted by Gasteiger charge is -2.34. The van der Waals surface area contributed by atoms with E-state index >= 15 is 0 Å². The maximum atomic E-state index is 13.6. The third kappa shape index (κ3) is 4.43. The van der Waals surface area contributed by atoms with Crippen molar-refractivity contribution in [2.45, 2.75) is 25.4 Å². The van der Waals surface area contributed by atoms with Crippen LogP contribution in [-0.4, -0.2) is 30.1 Å². The van der Waals surface area contributed by atoms with Crippen molar-refractivity contribution in [2.75, 3.05) is 13.2 Å². The summed E-state index contributed by atoms with van der Waals surface area (Å²) in [5.41, 5.74) is 0.592. The second-order valence-electron chi connectivity index (χ2n) is 6.77. The predicted octanol–water partition coefficient (Wildman–Crippen LogP) is 5.36. The molecule has 0 unspecified atom stereocenters. The molecule has 2 heterocycles. The minimum atomic E-state index is 0.00633. The van der Waals surface area contributed by atoms with Gasteiger partial charge in [0.05, 0.1) is 12.1 Å². The van der Waals surface area contributed by atoms with E-state index < -0.39 is 0 Å². The Labute approximate surface area is 169 Å². The van der Waals surface area contributed by atoms with E-state index in [0.717, 1.165) is 18.6 Å². The van der Waals surface area contributed by atoms with Gasteiger partial charge in [-0.15, -0.1) is 11.3 Å². The molecule has 1 aliphatic rings. The molecular formula is C23H23NO3S. The van der Waals surface area contributed by atoms with E-state index in [1.165, 1.54) is 4.88 Å². The van der Waals surface area contributed by atoms with Gasteiger partial charge in [0.1, 0.15) is 11.5 Å². The van der Waals surface area contributed by atoms with Gasteiger partial charge < -0.3 is 14.4 Å². The summed E-state index contributed by atoms with van der Waals surface area (Å²) < 4.78 is 11.5. The van der Waals surface area contributed by atoms with Crippen LogP contribution in [0.15, 0.2) is 72.1 Å². The number of hydrogen-bond acceptors (Lipinski definition) is 4. The molecule has 0 atom stereocenters. The number of carbonyl (C=O) groups excluding carboxylic acids is 1. The summed E-state index contributed by atoms with van der Waals surface area (Å²) in [6.45, 7) is 2.00. The zero-order valence-electron chi connectivity index (χ0n) is 15.6. The fraction of sp³-hybridized carbons (Fsp3) is 0.261. The maximum absolute atomic E-state index is 13.6. The van der Waals surface area contributed by atoms with Gasteiger partial charge in [0.15, 0.2) is 0 Å². The Morgan fingerprint density at radius 3 is 2.50 bits per heavy atom. The first-order valence-electron chi connectivity index (χ1n) is 9.54. The molecule has 1 fully saturated rings. The van der Waals surface area contributed by atoms with Gasteiger partial charge in [0.2, 0.25) is 0 Å². The van der Waals surface area contributed by atoms with E-state index in [4.69, 9.17) is 9.47 Å². The Balaban J connectivity index is 1.62. The van der Waals surface area contributed by atoms with Crippen LogP contribution in [0, 0.1) is 0 Å². The first kappa shape index (κ1) is 18.7. The average molecular weight is 394 g/mol. The molecule has 1 aromatic heterocycles. The number of thiophene rings is 1. The molecule has 3 aromatic rings. The van der Waals surface area contributed by atoms with Crippen molar-refractivity contribution in [3.63, 3.8) is 0 Å². The molecule has 0 aliphatic carbocycles. The van der Waals surface area contributed by atoms with Crippen molar-refractivity contribution in [3.05, 3.63) is 82.6 Å². The second kappa shape index (κ2) is 9.04. The van der Waals surface area contributed by atoms with E-state index in [-0.39, 0.29) is 11.9 Å². The smallest absolute Gasteiger partial charge is 0.258 e. The molecule has 1 aliphatic heterocycles. The summed E-state index contributed by atoms with van der Waals surface area (Å²) in [5.74, 6) is 1.31. The molecule has 0 bridgehead atoms. The molecule has 4 rings (SSSR count). The summed E-state index contributed by atoms with van der Waals surface area (Å²) in [4.78, 5) is 16.8. The minimum Gasteiger partial charge on any atom is -0.457 e. The van der Waals surface area contributed by atoms with Gasteiger partial charge in [-0.25, -0.2) is 0 Å². The van der Waals surface area contributed by atoms with Crippen LogP contribution in [0.25, 0.3) is 0 Å². The van der Waals surface area contributed by atoms with E-state index in [0.29, 0.717) is 31.1 Å². The van der Waals surface area contributed by atoms with Crippen molar-refractivity contribution in [1.82, 2.24) is 4.90 Å². The second-order valence-corrected chi connectivity index (χ2v) is 7.80. The summed E-state index contributed by atoms with van der Waals surface area (Å²) in [6.07, 6.45) is 1.72. The van der Waals surface area contributed by atoms with Gasteiger partial charge in [0, 0.05) is 24.1 Å². The van der Waals surface area contributed by atoms with Gasteiger partial charge in [-0.3, -0.25) is 4.79 Å². The normalized spacial score (nSPS) is 14.6. The van der Waals surface area contributed by atoms with Crippen LogP contribution in [0.5, 0.6) is 11.5 Å². The van der Waals surface area contributed by atoms with Crippen molar-refractivity contribution in [2.24, 2.45) is 0 Å². The monoisotopic (exact) mass is 393 g/mol. The number of amides is 1.